The van der Waals surface area contributed by atoms with Crippen molar-refractivity contribution in [3.8, 4) is 33.4 Å². The molecular weight excluding hydrogens is 974 g/mol. The van der Waals surface area contributed by atoms with Gasteiger partial charge in [-0.15, -0.1) is 0 Å². The van der Waals surface area contributed by atoms with Crippen LogP contribution in [0.25, 0.3) is 33.4 Å². The summed E-state index contributed by atoms with van der Waals surface area (Å²) >= 11 is 0. The van der Waals surface area contributed by atoms with Crippen LogP contribution in [0.15, 0.2) is 158 Å². The number of rotatable bonds is 16. The Balaban J connectivity index is 0.000000263. The molecule has 0 heterocycles. The van der Waals surface area contributed by atoms with Gasteiger partial charge in [0.25, 0.3) is 0 Å². The number of hydrogen-bond acceptors (Lipinski definition) is 14. The molecule has 0 aromatic heterocycles. The van der Waals surface area contributed by atoms with Crippen LogP contribution in [0.5, 0.6) is 0 Å². The smallest absolute Gasteiger partial charge is 0.650 e. The first-order valence-corrected chi connectivity index (χ1v) is 24.4. The average molecular weight is 1050 g/mol. The summed E-state index contributed by atoms with van der Waals surface area (Å²) in [5.74, 6) is -0.0344. The number of ether oxygens (including phenoxy) is 4. The predicted octanol–water partition coefficient (Wildman–Crippen LogP) is 4.04. The molecule has 16 heteroatoms. The third kappa shape index (κ3) is 19.0. The number of carbonyl (C=O) groups excluding carboxylic acids is 4. The molecule has 0 radical (unpaired) electrons. The quantitative estimate of drug-likeness (QED) is 0.0139. The van der Waals surface area contributed by atoms with Crippen molar-refractivity contribution in [2.45, 2.75) is 17.8 Å². The molecular formula is C59H72KN7O8. The predicted molar refractivity (Wildman–Crippen MR) is 294 cm³/mol. The summed E-state index contributed by atoms with van der Waals surface area (Å²) < 4.78 is 20.2. The second kappa shape index (κ2) is 36.2. The van der Waals surface area contributed by atoms with Crippen LogP contribution < -0.4 is 89.0 Å². The van der Waals surface area contributed by atoms with E-state index in [2.05, 4.69) is 116 Å². The Kier molecular flexibility index (Phi) is 30.6. The van der Waals surface area contributed by atoms with Crippen LogP contribution in [0.3, 0.4) is 0 Å². The Hall–Kier alpha value is -5.86. The van der Waals surface area contributed by atoms with Crippen LogP contribution in [-0.2, 0) is 33.3 Å². The van der Waals surface area contributed by atoms with Crippen molar-refractivity contribution in [2.24, 2.45) is 5.73 Å². The molecule has 0 spiro atoms. The first-order valence-electron chi connectivity index (χ1n) is 24.4. The first-order chi connectivity index (χ1) is 36.2. The molecule has 0 saturated carbocycles. The molecule has 3 aliphatic rings. The minimum absolute atomic E-state index is 0. The Bertz CT molecular complexity index is 2430. The SMILES string of the molecule is C=CCO[C-]=O.CNC.CNCC(=O)OCC1c2ccccc2-c2ccccc21.CNCC(=O)OCC1c2ccccc2-c2ccccc21.CNCN.CNCNC(=O)OCC1c2ccccc2-c2ccccc21.[K+]. The first kappa shape index (κ1) is 63.4. The molecule has 15 nitrogen and oxygen atoms in total. The summed E-state index contributed by atoms with van der Waals surface area (Å²) in [7, 11) is 10.8. The molecule has 392 valence electrons. The van der Waals surface area contributed by atoms with Gasteiger partial charge in [0.05, 0.1) is 26.4 Å². The number of amides is 1. The number of nitrogens with one attached hydrogen (secondary N) is 6. The van der Waals surface area contributed by atoms with Crippen LogP contribution in [0.1, 0.15) is 51.1 Å². The molecule has 75 heavy (non-hydrogen) atoms. The second-order valence-electron chi connectivity index (χ2n) is 16.7. The summed E-state index contributed by atoms with van der Waals surface area (Å²) in [6.45, 7) is 7.40. The van der Waals surface area contributed by atoms with E-state index in [0.717, 1.165) is 0 Å². The van der Waals surface area contributed by atoms with Crippen molar-refractivity contribution in [1.29, 1.82) is 0 Å². The molecule has 6 aromatic carbocycles. The fourth-order valence-corrected chi connectivity index (χ4v) is 8.53. The third-order valence-electron chi connectivity index (χ3n) is 11.6. The Labute approximate surface area is 485 Å². The van der Waals surface area contributed by atoms with E-state index in [9.17, 15) is 14.4 Å². The van der Waals surface area contributed by atoms with Gasteiger partial charge in [0.2, 0.25) is 0 Å². The van der Waals surface area contributed by atoms with Crippen molar-refractivity contribution < 1.29 is 89.5 Å². The number of alkyl carbamates (subject to hydrolysis) is 1. The summed E-state index contributed by atoms with van der Waals surface area (Å²) in [6, 6.07) is 49.9. The maximum atomic E-state index is 11.6. The second-order valence-corrected chi connectivity index (χ2v) is 16.7. The van der Waals surface area contributed by atoms with E-state index in [1.54, 1.807) is 28.2 Å². The van der Waals surface area contributed by atoms with Crippen molar-refractivity contribution in [3.05, 3.63) is 192 Å². The standard InChI is InChI=1S/C17H18N2O2.2C17H17NO2.C4H5O2.C2H8N2.C2H7N.K/c1-18-11-19-17(20)21-10-16-14-8-4-2-6-12(14)13-7-3-5-9-15(13)16;2*1-18-10-17(19)20-11-16-14-8-4-2-6-12(14)13-7-3-5-9-15(13)16;1-2-3-6-4-5;1-4-2-3;1-3-2;/h2-9,16,18H,10-11H2,1H3,(H,19,20);2*2-9,16,18H,10-11H2,1H3;2H,1,3H2;4H,2-3H2,1H3;3H,1-2H3;/q;;;-1;;;+1. The van der Waals surface area contributed by atoms with Crippen LogP contribution >= 0.6 is 0 Å². The zero-order chi connectivity index (χ0) is 53.5. The van der Waals surface area contributed by atoms with Crippen molar-refractivity contribution in [1.82, 2.24) is 31.9 Å². The minimum atomic E-state index is -0.397. The monoisotopic (exact) mass is 1050 g/mol. The van der Waals surface area contributed by atoms with Gasteiger partial charge < -0.3 is 61.4 Å². The van der Waals surface area contributed by atoms with Gasteiger partial charge in [-0.05, 0) is 109 Å². The molecule has 0 unspecified atom stereocenters. The maximum Gasteiger partial charge on any atom is 1.00 e. The molecule has 0 saturated heterocycles. The number of benzene rings is 6. The van der Waals surface area contributed by atoms with E-state index < -0.39 is 6.09 Å². The van der Waals surface area contributed by atoms with E-state index in [0.29, 0.717) is 33.2 Å². The van der Waals surface area contributed by atoms with Gasteiger partial charge in [0.15, 0.2) is 0 Å². The largest absolute Gasteiger partial charge is 1.00 e. The number of esters is 2. The van der Waals surface area contributed by atoms with Crippen LogP contribution in [0.4, 0.5) is 4.79 Å². The van der Waals surface area contributed by atoms with E-state index in [1.165, 1.54) is 79.3 Å². The molecule has 0 bridgehead atoms. The summed E-state index contributed by atoms with van der Waals surface area (Å²) in [6.07, 6.45) is 1.08. The summed E-state index contributed by atoms with van der Waals surface area (Å²) in [5.41, 5.74) is 19.8. The molecule has 9 rings (SSSR count). The molecule has 3 aliphatic carbocycles. The number of likely N-dealkylation sites (N-methyl/N-ethyl adjacent to an activating group) is 2. The molecule has 8 N–H and O–H groups in total. The average Bonchev–Trinajstić information content (AvgIpc) is 4.06. The minimum Gasteiger partial charge on any atom is -0.650 e. The Morgan fingerprint density at radius 1 is 0.507 bits per heavy atom. The fourth-order valence-electron chi connectivity index (χ4n) is 8.53. The van der Waals surface area contributed by atoms with Crippen molar-refractivity contribution in [2.75, 3.05) is 95.1 Å². The topological polar surface area (TPSA) is 203 Å². The van der Waals surface area contributed by atoms with Crippen molar-refractivity contribution >= 4 is 24.5 Å². The van der Waals surface area contributed by atoms with Gasteiger partial charge in [-0.25, -0.2) is 4.79 Å². The van der Waals surface area contributed by atoms with Crippen LogP contribution in [-0.4, -0.2) is 120 Å². The number of nitrogens with two attached hydrogens (primary N) is 1. The molecule has 0 aliphatic heterocycles. The number of fused-ring (bicyclic) bond motifs is 9. The normalized spacial score (nSPS) is 11.6. The van der Waals surface area contributed by atoms with Crippen LogP contribution in [0.2, 0.25) is 0 Å². The van der Waals surface area contributed by atoms with Crippen LogP contribution in [0, 0.1) is 0 Å². The van der Waals surface area contributed by atoms with Gasteiger partial charge in [0.1, 0.15) is 19.8 Å². The van der Waals surface area contributed by atoms with Gasteiger partial charge in [-0.1, -0.05) is 165 Å². The zero-order valence-corrected chi connectivity index (χ0v) is 47.5. The van der Waals surface area contributed by atoms with E-state index in [-0.39, 0.29) is 101 Å². The van der Waals surface area contributed by atoms with Gasteiger partial charge in [-0.2, -0.15) is 0 Å². The number of hydrogen-bond donors (Lipinski definition) is 7. The number of carbonyl (C=O) groups is 3. The van der Waals surface area contributed by atoms with E-state index in [1.807, 2.05) is 86.9 Å². The Morgan fingerprint density at radius 3 is 1.01 bits per heavy atom. The zero-order valence-electron chi connectivity index (χ0n) is 44.4. The van der Waals surface area contributed by atoms with E-state index >= 15 is 0 Å². The van der Waals surface area contributed by atoms with Gasteiger partial charge in [-0.3, -0.25) is 9.59 Å². The Morgan fingerprint density at radius 2 is 0.787 bits per heavy atom. The molecule has 1 amide bonds. The summed E-state index contributed by atoms with van der Waals surface area (Å²) in [5, 5.41) is 16.5. The molecule has 0 atom stereocenters. The van der Waals surface area contributed by atoms with Crippen molar-refractivity contribution in [3.63, 3.8) is 0 Å². The molecule has 0 fully saturated rings. The van der Waals surface area contributed by atoms with Gasteiger partial charge >= 0.3 is 69.4 Å². The third-order valence-corrected chi connectivity index (χ3v) is 11.6. The molecule has 6 aromatic rings. The van der Waals surface area contributed by atoms with E-state index in [4.69, 9.17) is 24.7 Å². The van der Waals surface area contributed by atoms with Gasteiger partial charge in [0, 0.05) is 24.4 Å². The fraction of sp³-hybridized carbons (Fsp3) is 0.288. The summed E-state index contributed by atoms with van der Waals surface area (Å²) in [4.78, 5) is 43.9. The maximum absolute atomic E-state index is 11.6.